The van der Waals surface area contributed by atoms with Gasteiger partial charge in [0.15, 0.2) is 0 Å². The van der Waals surface area contributed by atoms with E-state index >= 15 is 0 Å². The number of carbonyl (C=O) groups excluding carboxylic acids is 1. The topological polar surface area (TPSA) is 75.5 Å². The first-order valence-electron chi connectivity index (χ1n) is 8.97. The Bertz CT molecular complexity index is 933. The van der Waals surface area contributed by atoms with Crippen LogP contribution in [0.3, 0.4) is 0 Å². The fourth-order valence-corrected chi connectivity index (χ4v) is 5.25. The number of imidazole rings is 1. The smallest absolute Gasteiger partial charge is 0.248 e. The number of amides is 1. The molecule has 4 rings (SSSR count). The molecule has 0 saturated carbocycles. The fraction of sp³-hybridized carbons (Fsp3) is 0.444. The van der Waals surface area contributed by atoms with Crippen molar-refractivity contribution < 1.29 is 17.6 Å². The molecule has 0 aliphatic carbocycles. The van der Waals surface area contributed by atoms with E-state index in [1.165, 1.54) is 22.5 Å². The number of sulfonamides is 1. The lowest BCUT2D eigenvalue weighted by Crippen LogP contribution is -2.59. The molecule has 2 aliphatic heterocycles. The molecule has 0 unspecified atom stereocenters. The summed E-state index contributed by atoms with van der Waals surface area (Å²) in [4.78, 5) is 19.0. The molecule has 144 valence electrons. The summed E-state index contributed by atoms with van der Waals surface area (Å²) in [6, 6.07) is 5.01. The van der Waals surface area contributed by atoms with Crippen LogP contribution in [0.2, 0.25) is 0 Å². The predicted octanol–water partition coefficient (Wildman–Crippen LogP) is 1.43. The summed E-state index contributed by atoms with van der Waals surface area (Å²) in [6.45, 7) is 1.86. The van der Waals surface area contributed by atoms with E-state index in [1.54, 1.807) is 23.3 Å². The quantitative estimate of drug-likeness (QED) is 0.789. The predicted molar refractivity (Wildman–Crippen MR) is 95.8 cm³/mol. The number of piperidine rings is 1. The van der Waals surface area contributed by atoms with E-state index in [2.05, 4.69) is 4.98 Å². The zero-order valence-electron chi connectivity index (χ0n) is 14.8. The average Bonchev–Trinajstić information content (AvgIpc) is 3.15. The number of aromatic nitrogens is 2. The monoisotopic (exact) mass is 392 g/mol. The van der Waals surface area contributed by atoms with Gasteiger partial charge in [-0.25, -0.2) is 17.8 Å². The zero-order valence-corrected chi connectivity index (χ0v) is 15.6. The summed E-state index contributed by atoms with van der Waals surface area (Å²) in [7, 11) is -3.80. The number of rotatable bonds is 4. The third kappa shape index (κ3) is 3.04. The van der Waals surface area contributed by atoms with Gasteiger partial charge in [0.1, 0.15) is 11.4 Å². The summed E-state index contributed by atoms with van der Waals surface area (Å²) in [5.41, 5.74) is -0.815. The first-order valence-corrected chi connectivity index (χ1v) is 10.4. The number of nitrogens with zero attached hydrogens (tertiary/aromatic N) is 4. The van der Waals surface area contributed by atoms with E-state index < -0.39 is 21.4 Å². The molecule has 1 aromatic heterocycles. The molecule has 7 nitrogen and oxygen atoms in total. The van der Waals surface area contributed by atoms with Crippen molar-refractivity contribution >= 4 is 15.9 Å². The molecule has 0 bridgehead atoms. The van der Waals surface area contributed by atoms with Gasteiger partial charge in [0.05, 0.1) is 11.2 Å². The molecule has 27 heavy (non-hydrogen) atoms. The maximum absolute atomic E-state index is 13.5. The maximum Gasteiger partial charge on any atom is 0.248 e. The standard InChI is InChI=1S/C18H21FN4O3S/c19-15-3-1-4-16(13-15)27(25,26)23-10-5-18(6-11-23,22-12-7-20-14-22)17(24)21-8-2-9-21/h1,3-4,7,12-14H,2,5-6,8-11H2. The Morgan fingerprint density at radius 3 is 2.44 bits per heavy atom. The molecular formula is C18H21FN4O3S. The molecule has 9 heteroatoms. The largest absolute Gasteiger partial charge is 0.341 e. The van der Waals surface area contributed by atoms with Crippen molar-refractivity contribution in [3.8, 4) is 0 Å². The number of hydrogen-bond donors (Lipinski definition) is 0. The highest BCUT2D eigenvalue weighted by Gasteiger charge is 2.47. The van der Waals surface area contributed by atoms with Gasteiger partial charge in [-0.3, -0.25) is 4.79 Å². The highest BCUT2D eigenvalue weighted by atomic mass is 32.2. The van der Waals surface area contributed by atoms with Crippen molar-refractivity contribution in [2.45, 2.75) is 29.7 Å². The lowest BCUT2D eigenvalue weighted by Gasteiger charge is -2.45. The Balaban J connectivity index is 1.59. The average molecular weight is 392 g/mol. The molecule has 2 aliphatic rings. The van der Waals surface area contributed by atoms with Crippen molar-refractivity contribution in [1.82, 2.24) is 18.8 Å². The normalized spacial score (nSPS) is 20.3. The molecule has 1 amide bonds. The van der Waals surface area contributed by atoms with Gasteiger partial charge >= 0.3 is 0 Å². The van der Waals surface area contributed by atoms with E-state index in [9.17, 15) is 17.6 Å². The van der Waals surface area contributed by atoms with Gasteiger partial charge in [-0.2, -0.15) is 4.31 Å². The zero-order chi connectivity index (χ0) is 19.1. The first kappa shape index (κ1) is 18.1. The molecule has 0 N–H and O–H groups in total. The third-order valence-corrected chi connectivity index (χ3v) is 7.42. The Morgan fingerprint density at radius 2 is 1.89 bits per heavy atom. The Hall–Kier alpha value is -2.26. The molecule has 0 radical (unpaired) electrons. The van der Waals surface area contributed by atoms with Gasteiger partial charge in [0.2, 0.25) is 15.9 Å². The van der Waals surface area contributed by atoms with Crippen LogP contribution in [-0.2, 0) is 20.4 Å². The van der Waals surface area contributed by atoms with Crippen LogP contribution < -0.4 is 0 Å². The second-order valence-electron chi connectivity index (χ2n) is 7.01. The SMILES string of the molecule is O=C(N1CCC1)C1(n2ccnc2)CCN(S(=O)(=O)c2cccc(F)c2)CC1. The molecule has 2 aromatic rings. The van der Waals surface area contributed by atoms with Gasteiger partial charge in [0, 0.05) is 38.6 Å². The Kier molecular flexibility index (Phi) is 4.51. The van der Waals surface area contributed by atoms with Crippen LogP contribution in [-0.4, -0.2) is 59.3 Å². The van der Waals surface area contributed by atoms with Crippen LogP contribution in [0.5, 0.6) is 0 Å². The highest BCUT2D eigenvalue weighted by Crippen LogP contribution is 2.35. The second-order valence-corrected chi connectivity index (χ2v) is 8.95. The summed E-state index contributed by atoms with van der Waals surface area (Å²) >= 11 is 0. The van der Waals surface area contributed by atoms with Gasteiger partial charge in [-0.05, 0) is 37.5 Å². The Morgan fingerprint density at radius 1 is 1.15 bits per heavy atom. The summed E-state index contributed by atoms with van der Waals surface area (Å²) in [5, 5.41) is 0. The van der Waals surface area contributed by atoms with Crippen molar-refractivity contribution in [2.75, 3.05) is 26.2 Å². The van der Waals surface area contributed by atoms with Crippen LogP contribution >= 0.6 is 0 Å². The summed E-state index contributed by atoms with van der Waals surface area (Å²) in [5.74, 6) is -0.566. The molecule has 2 saturated heterocycles. The van der Waals surface area contributed by atoms with E-state index in [0.29, 0.717) is 12.8 Å². The minimum absolute atomic E-state index is 0.0227. The number of carbonyl (C=O) groups is 1. The number of halogens is 1. The molecule has 0 atom stereocenters. The molecule has 1 aromatic carbocycles. The minimum Gasteiger partial charge on any atom is -0.341 e. The molecule has 0 spiro atoms. The van der Waals surface area contributed by atoms with Gasteiger partial charge in [-0.1, -0.05) is 6.07 Å². The van der Waals surface area contributed by atoms with Crippen LogP contribution in [0.1, 0.15) is 19.3 Å². The Labute approximate surface area is 157 Å². The summed E-state index contributed by atoms with van der Waals surface area (Å²) < 4.78 is 42.3. The van der Waals surface area contributed by atoms with Crippen molar-refractivity contribution in [3.05, 3.63) is 48.8 Å². The lowest BCUT2D eigenvalue weighted by atomic mass is 9.85. The van der Waals surface area contributed by atoms with Crippen molar-refractivity contribution in [1.29, 1.82) is 0 Å². The van der Waals surface area contributed by atoms with E-state index in [1.807, 2.05) is 4.90 Å². The second kappa shape index (κ2) is 6.72. The van der Waals surface area contributed by atoms with Crippen molar-refractivity contribution in [2.24, 2.45) is 0 Å². The molecule has 3 heterocycles. The van der Waals surface area contributed by atoms with Crippen LogP contribution in [0.4, 0.5) is 4.39 Å². The number of hydrogen-bond acceptors (Lipinski definition) is 4. The number of likely N-dealkylation sites (tertiary alicyclic amines) is 1. The van der Waals surface area contributed by atoms with Crippen LogP contribution in [0.25, 0.3) is 0 Å². The van der Waals surface area contributed by atoms with Crippen LogP contribution in [0.15, 0.2) is 47.9 Å². The third-order valence-electron chi connectivity index (χ3n) is 5.52. The first-order chi connectivity index (χ1) is 12.9. The molecular weight excluding hydrogens is 371 g/mol. The van der Waals surface area contributed by atoms with Gasteiger partial charge < -0.3 is 9.47 Å². The number of benzene rings is 1. The fourth-order valence-electron chi connectivity index (χ4n) is 3.78. The van der Waals surface area contributed by atoms with E-state index in [0.717, 1.165) is 25.6 Å². The summed E-state index contributed by atoms with van der Waals surface area (Å²) in [6.07, 6.45) is 6.70. The lowest BCUT2D eigenvalue weighted by molar-refractivity contribution is -0.146. The molecule has 2 fully saturated rings. The van der Waals surface area contributed by atoms with Gasteiger partial charge in [0.25, 0.3) is 0 Å². The van der Waals surface area contributed by atoms with Gasteiger partial charge in [-0.15, -0.1) is 0 Å². The van der Waals surface area contributed by atoms with Crippen LogP contribution in [0, 0.1) is 5.82 Å². The van der Waals surface area contributed by atoms with E-state index in [4.69, 9.17) is 0 Å². The minimum atomic E-state index is -3.80. The van der Waals surface area contributed by atoms with E-state index in [-0.39, 0.29) is 23.9 Å². The highest BCUT2D eigenvalue weighted by molar-refractivity contribution is 7.89. The van der Waals surface area contributed by atoms with Crippen molar-refractivity contribution in [3.63, 3.8) is 0 Å². The maximum atomic E-state index is 13.5.